The summed E-state index contributed by atoms with van der Waals surface area (Å²) in [7, 11) is 3.05. The third-order valence-corrected chi connectivity index (χ3v) is 3.69. The first kappa shape index (κ1) is 16.0. The molecule has 0 aliphatic carbocycles. The van der Waals surface area contributed by atoms with Crippen molar-refractivity contribution in [1.29, 1.82) is 0 Å². The predicted octanol–water partition coefficient (Wildman–Crippen LogP) is 3.66. The van der Waals surface area contributed by atoms with Crippen LogP contribution in [-0.2, 0) is 6.61 Å². The maximum atomic E-state index is 13.5. The molecule has 0 saturated carbocycles. The monoisotopic (exact) mass is 329 g/mol. The van der Waals surface area contributed by atoms with Gasteiger partial charge in [-0.1, -0.05) is 23.4 Å². The Balaban J connectivity index is 2.18. The van der Waals surface area contributed by atoms with Gasteiger partial charge in [0, 0.05) is 5.56 Å². The van der Waals surface area contributed by atoms with Crippen LogP contribution < -0.4 is 9.47 Å². The lowest BCUT2D eigenvalue weighted by atomic mass is 10.0. The number of methoxy groups -OCH3 is 2. The number of rotatable bonds is 5. The summed E-state index contributed by atoms with van der Waals surface area (Å²) in [6.07, 6.45) is 0. The summed E-state index contributed by atoms with van der Waals surface area (Å²) < 4.78 is 29.6. The molecule has 0 aliphatic rings. The van der Waals surface area contributed by atoms with Gasteiger partial charge < -0.3 is 19.1 Å². The van der Waals surface area contributed by atoms with E-state index in [-0.39, 0.29) is 12.4 Å². The van der Waals surface area contributed by atoms with Crippen molar-refractivity contribution in [3.05, 3.63) is 53.8 Å². The molecule has 1 aromatic heterocycles. The summed E-state index contributed by atoms with van der Waals surface area (Å²) in [5.41, 5.74) is 1.95. The number of aliphatic hydroxyl groups is 1. The van der Waals surface area contributed by atoms with E-state index >= 15 is 0 Å². The zero-order valence-electron chi connectivity index (χ0n) is 13.2. The Kier molecular flexibility index (Phi) is 4.48. The fourth-order valence-corrected chi connectivity index (χ4v) is 2.60. The molecule has 1 heterocycles. The first-order valence-electron chi connectivity index (χ1n) is 7.26. The fraction of sp³-hybridized carbons (Fsp3) is 0.167. The second kappa shape index (κ2) is 6.72. The number of aliphatic hydroxyl groups excluding tert-OH is 1. The molecule has 3 rings (SSSR count). The van der Waals surface area contributed by atoms with Crippen LogP contribution in [0.25, 0.3) is 22.6 Å². The lowest BCUT2D eigenvalue weighted by Crippen LogP contribution is -1.95. The smallest absolute Gasteiger partial charge is 0.176 e. The van der Waals surface area contributed by atoms with E-state index < -0.39 is 0 Å². The van der Waals surface area contributed by atoms with Crippen LogP contribution in [0.15, 0.2) is 47.0 Å². The van der Waals surface area contributed by atoms with Gasteiger partial charge in [0.2, 0.25) is 0 Å². The highest BCUT2D eigenvalue weighted by atomic mass is 19.1. The van der Waals surface area contributed by atoms with Crippen LogP contribution in [0.2, 0.25) is 0 Å². The predicted molar refractivity (Wildman–Crippen MR) is 86.4 cm³/mol. The number of nitrogens with zero attached hydrogens (tertiary/aromatic N) is 1. The molecule has 2 aromatic carbocycles. The number of aromatic nitrogens is 1. The van der Waals surface area contributed by atoms with Crippen molar-refractivity contribution in [2.24, 2.45) is 0 Å². The van der Waals surface area contributed by atoms with Crippen LogP contribution in [0.1, 0.15) is 5.56 Å². The van der Waals surface area contributed by atoms with Gasteiger partial charge in [0.05, 0.1) is 32.0 Å². The third-order valence-electron chi connectivity index (χ3n) is 3.69. The molecule has 0 unspecified atom stereocenters. The molecule has 124 valence electrons. The third kappa shape index (κ3) is 2.72. The molecule has 0 aliphatic heterocycles. The summed E-state index contributed by atoms with van der Waals surface area (Å²) in [5, 5.41) is 13.8. The van der Waals surface area contributed by atoms with E-state index in [2.05, 4.69) is 5.16 Å². The van der Waals surface area contributed by atoms with Gasteiger partial charge in [-0.05, 0) is 24.3 Å². The van der Waals surface area contributed by atoms with Gasteiger partial charge in [0.1, 0.15) is 11.5 Å². The van der Waals surface area contributed by atoms with Crippen molar-refractivity contribution >= 4 is 0 Å². The number of ether oxygens (including phenoxy) is 2. The molecule has 0 atom stereocenters. The van der Waals surface area contributed by atoms with E-state index in [1.165, 1.54) is 26.4 Å². The topological polar surface area (TPSA) is 64.7 Å². The summed E-state index contributed by atoms with van der Waals surface area (Å²) in [6, 6.07) is 11.3. The van der Waals surface area contributed by atoms with Crippen LogP contribution in [0.3, 0.4) is 0 Å². The molecule has 5 nitrogen and oxygen atoms in total. The Labute approximate surface area is 138 Å². The van der Waals surface area contributed by atoms with Crippen LogP contribution in [0.4, 0.5) is 4.39 Å². The van der Waals surface area contributed by atoms with Crippen LogP contribution in [-0.4, -0.2) is 24.5 Å². The molecule has 0 spiro atoms. The van der Waals surface area contributed by atoms with Crippen molar-refractivity contribution in [2.75, 3.05) is 14.2 Å². The normalized spacial score (nSPS) is 10.7. The Hall–Kier alpha value is -2.86. The van der Waals surface area contributed by atoms with Gasteiger partial charge in [-0.15, -0.1) is 0 Å². The number of hydrogen-bond donors (Lipinski definition) is 1. The highest BCUT2D eigenvalue weighted by Crippen LogP contribution is 2.41. The second-order valence-corrected chi connectivity index (χ2v) is 5.05. The zero-order valence-corrected chi connectivity index (χ0v) is 13.2. The summed E-state index contributed by atoms with van der Waals surface area (Å²) >= 11 is 0. The van der Waals surface area contributed by atoms with Crippen molar-refractivity contribution in [3.63, 3.8) is 0 Å². The Morgan fingerprint density at radius 2 is 1.92 bits per heavy atom. The van der Waals surface area contributed by atoms with Gasteiger partial charge in [0.15, 0.2) is 17.3 Å². The molecule has 0 saturated heterocycles. The van der Waals surface area contributed by atoms with Crippen LogP contribution >= 0.6 is 0 Å². The van der Waals surface area contributed by atoms with Gasteiger partial charge in [-0.3, -0.25) is 0 Å². The minimum absolute atomic E-state index is 0.314. The Bertz CT molecular complexity index is 860. The lowest BCUT2D eigenvalue weighted by molar-refractivity contribution is 0.281. The number of halogens is 1. The molecule has 0 radical (unpaired) electrons. The Morgan fingerprint density at radius 3 is 2.58 bits per heavy atom. The van der Waals surface area contributed by atoms with E-state index in [1.54, 1.807) is 30.3 Å². The second-order valence-electron chi connectivity index (χ2n) is 5.05. The maximum absolute atomic E-state index is 13.5. The molecular weight excluding hydrogens is 313 g/mol. The lowest BCUT2D eigenvalue weighted by Gasteiger charge is -2.11. The number of benzene rings is 2. The van der Waals surface area contributed by atoms with E-state index in [0.717, 1.165) is 0 Å². The highest BCUT2D eigenvalue weighted by molar-refractivity contribution is 5.77. The summed E-state index contributed by atoms with van der Waals surface area (Å²) in [4.78, 5) is 0. The quantitative estimate of drug-likeness (QED) is 0.774. The SMILES string of the molecule is COc1cccc(-c2onc(-c3cccc(F)c3)c2CO)c1OC. The molecule has 0 bridgehead atoms. The van der Waals surface area contributed by atoms with Crippen molar-refractivity contribution in [2.45, 2.75) is 6.61 Å². The number of para-hydroxylation sites is 1. The average molecular weight is 329 g/mol. The van der Waals surface area contributed by atoms with Crippen molar-refractivity contribution in [3.8, 4) is 34.1 Å². The standard InChI is InChI=1S/C18H16FNO4/c1-22-15-8-4-7-13(18(15)23-2)17-14(10-21)16(20-24-17)11-5-3-6-12(19)9-11/h3-9,21H,10H2,1-2H3. The zero-order chi connectivity index (χ0) is 17.1. The average Bonchev–Trinajstić information content (AvgIpc) is 3.04. The van der Waals surface area contributed by atoms with Gasteiger partial charge in [-0.25, -0.2) is 4.39 Å². The van der Waals surface area contributed by atoms with Crippen molar-refractivity contribution in [1.82, 2.24) is 5.16 Å². The largest absolute Gasteiger partial charge is 0.493 e. The van der Waals surface area contributed by atoms with Gasteiger partial charge >= 0.3 is 0 Å². The molecule has 24 heavy (non-hydrogen) atoms. The van der Waals surface area contributed by atoms with Crippen LogP contribution in [0, 0.1) is 5.82 Å². The first-order chi connectivity index (χ1) is 11.7. The molecule has 3 aromatic rings. The van der Waals surface area contributed by atoms with Crippen LogP contribution in [0.5, 0.6) is 11.5 Å². The minimum atomic E-state index is -0.389. The Morgan fingerprint density at radius 1 is 1.12 bits per heavy atom. The molecule has 6 heteroatoms. The van der Waals surface area contributed by atoms with Gasteiger partial charge in [-0.2, -0.15) is 0 Å². The maximum Gasteiger partial charge on any atom is 0.176 e. The summed E-state index contributed by atoms with van der Waals surface area (Å²) in [5.74, 6) is 0.964. The van der Waals surface area contributed by atoms with Crippen molar-refractivity contribution < 1.29 is 23.5 Å². The van der Waals surface area contributed by atoms with E-state index in [0.29, 0.717) is 39.6 Å². The highest BCUT2D eigenvalue weighted by Gasteiger charge is 2.22. The molecule has 0 amide bonds. The molecule has 0 fully saturated rings. The van der Waals surface area contributed by atoms with Gasteiger partial charge in [0.25, 0.3) is 0 Å². The first-order valence-corrected chi connectivity index (χ1v) is 7.26. The number of hydrogen-bond acceptors (Lipinski definition) is 5. The van der Waals surface area contributed by atoms with E-state index in [4.69, 9.17) is 14.0 Å². The minimum Gasteiger partial charge on any atom is -0.493 e. The van der Waals surface area contributed by atoms with E-state index in [1.807, 2.05) is 0 Å². The summed E-state index contributed by atoms with van der Waals surface area (Å²) in [6.45, 7) is -0.314. The molecule has 1 N–H and O–H groups in total. The molecular formula is C18H16FNO4. The fourth-order valence-electron chi connectivity index (χ4n) is 2.60. The van der Waals surface area contributed by atoms with E-state index in [9.17, 15) is 9.50 Å².